The van der Waals surface area contributed by atoms with Crippen LogP contribution in [0.3, 0.4) is 0 Å². The summed E-state index contributed by atoms with van der Waals surface area (Å²) in [6.45, 7) is 0. The second-order valence-electron chi connectivity index (χ2n) is 6.09. The highest BCUT2D eigenvalue weighted by Gasteiger charge is 2.10. The lowest BCUT2D eigenvalue weighted by Crippen LogP contribution is -1.86. The largest absolute Gasteiger partial charge is 0.497 e. The Morgan fingerprint density at radius 3 is 2.59 bits per heavy atom. The fourth-order valence-corrected chi connectivity index (χ4v) is 3.80. The van der Waals surface area contributed by atoms with Crippen molar-refractivity contribution in [3.63, 3.8) is 0 Å². The van der Waals surface area contributed by atoms with Crippen LogP contribution in [-0.2, 0) is 0 Å². The molecule has 0 unspecified atom stereocenters. The van der Waals surface area contributed by atoms with Gasteiger partial charge in [0, 0.05) is 15.9 Å². The van der Waals surface area contributed by atoms with Crippen molar-refractivity contribution in [3.8, 4) is 11.8 Å². The number of H-pyrrole nitrogens is 1. The Morgan fingerprint density at radius 1 is 1.07 bits per heavy atom. The van der Waals surface area contributed by atoms with Crippen LogP contribution in [0.4, 0.5) is 0 Å². The molecular weight excluding hydrogens is 402 g/mol. The number of imidazole rings is 1. The van der Waals surface area contributed by atoms with Crippen molar-refractivity contribution in [1.82, 2.24) is 9.97 Å². The lowest BCUT2D eigenvalue weighted by atomic mass is 10.1. The van der Waals surface area contributed by atoms with Gasteiger partial charge in [-0.3, -0.25) is 0 Å². The number of aromatic amines is 1. The van der Waals surface area contributed by atoms with E-state index in [0.29, 0.717) is 11.4 Å². The van der Waals surface area contributed by atoms with Crippen LogP contribution in [0.1, 0.15) is 11.4 Å². The predicted octanol–water partition coefficient (Wildman–Crippen LogP) is 6.21. The lowest BCUT2D eigenvalue weighted by molar-refractivity contribution is 0.415. The zero-order valence-electron chi connectivity index (χ0n) is 15.6. The van der Waals surface area contributed by atoms with Gasteiger partial charge in [-0.15, -0.1) is 12.4 Å². The van der Waals surface area contributed by atoms with Crippen molar-refractivity contribution < 1.29 is 4.74 Å². The summed E-state index contributed by atoms with van der Waals surface area (Å²) in [4.78, 5) is 10.0. The van der Waals surface area contributed by atoms with E-state index in [-0.39, 0.29) is 12.4 Å². The van der Waals surface area contributed by atoms with Gasteiger partial charge in [0.25, 0.3) is 0 Å². The summed E-state index contributed by atoms with van der Waals surface area (Å²) in [5.41, 5.74) is 3.09. The summed E-state index contributed by atoms with van der Waals surface area (Å²) in [6, 6.07) is 26.1. The number of nitrogens with one attached hydrogen (secondary N) is 1. The number of hydrogen-bond donors (Lipinski definition) is 1. The van der Waals surface area contributed by atoms with Crippen LogP contribution in [0.15, 0.2) is 82.6 Å². The Kier molecular flexibility index (Phi) is 6.61. The van der Waals surface area contributed by atoms with Gasteiger partial charge in [0.05, 0.1) is 23.7 Å². The van der Waals surface area contributed by atoms with Crippen LogP contribution in [0.25, 0.3) is 22.7 Å². The van der Waals surface area contributed by atoms with Gasteiger partial charge in [0.1, 0.15) is 17.6 Å². The normalized spacial score (nSPS) is 11.0. The number of fused-ring (bicyclic) bond motifs is 1. The highest BCUT2D eigenvalue weighted by atomic mass is 35.5. The van der Waals surface area contributed by atoms with Crippen LogP contribution in [0.2, 0.25) is 0 Å². The molecule has 144 valence electrons. The van der Waals surface area contributed by atoms with Gasteiger partial charge in [-0.1, -0.05) is 48.2 Å². The SMILES string of the molecule is COc1ccc2nc(C(C#N)=Cc3ccccc3Sc3ccccc3)[nH]c2c1.Cl. The zero-order chi connectivity index (χ0) is 19.3. The van der Waals surface area contributed by atoms with E-state index < -0.39 is 0 Å². The average Bonchev–Trinajstić information content (AvgIpc) is 3.16. The van der Waals surface area contributed by atoms with Crippen molar-refractivity contribution in [3.05, 3.63) is 84.2 Å². The molecule has 29 heavy (non-hydrogen) atoms. The predicted molar refractivity (Wildman–Crippen MR) is 120 cm³/mol. The first-order valence-corrected chi connectivity index (χ1v) is 9.56. The number of ether oxygens (including phenoxy) is 1. The fourth-order valence-electron chi connectivity index (χ4n) is 2.86. The monoisotopic (exact) mass is 419 g/mol. The van der Waals surface area contributed by atoms with Gasteiger partial charge in [-0.05, 0) is 42.0 Å². The minimum absolute atomic E-state index is 0. The number of aromatic nitrogens is 2. The number of nitrogens with zero attached hydrogens (tertiary/aromatic N) is 2. The molecule has 4 rings (SSSR count). The third kappa shape index (κ3) is 4.62. The van der Waals surface area contributed by atoms with Gasteiger partial charge in [0.2, 0.25) is 0 Å². The summed E-state index contributed by atoms with van der Waals surface area (Å²) >= 11 is 1.67. The van der Waals surface area contributed by atoms with Crippen LogP contribution in [0.5, 0.6) is 5.75 Å². The Hall–Kier alpha value is -3.20. The van der Waals surface area contributed by atoms with Gasteiger partial charge < -0.3 is 9.72 Å². The first-order valence-electron chi connectivity index (χ1n) is 8.74. The Labute approximate surface area is 179 Å². The standard InChI is InChI=1S/C23H17N3OS.ClH/c1-27-18-11-12-20-21(14-18)26-23(25-20)17(15-24)13-16-7-5-6-10-22(16)28-19-8-3-2-4-9-19;/h2-14H,1H3,(H,25,26);1H. The molecule has 6 heteroatoms. The topological polar surface area (TPSA) is 61.7 Å². The molecule has 0 spiro atoms. The molecule has 1 aromatic heterocycles. The van der Waals surface area contributed by atoms with E-state index >= 15 is 0 Å². The van der Waals surface area contributed by atoms with Gasteiger partial charge in [-0.2, -0.15) is 5.26 Å². The first-order chi connectivity index (χ1) is 13.8. The van der Waals surface area contributed by atoms with E-state index in [1.165, 1.54) is 0 Å². The van der Waals surface area contributed by atoms with Crippen molar-refractivity contribution in [2.75, 3.05) is 7.11 Å². The van der Waals surface area contributed by atoms with E-state index in [1.54, 1.807) is 18.9 Å². The molecule has 0 aliphatic heterocycles. The van der Waals surface area contributed by atoms with E-state index in [0.717, 1.165) is 32.1 Å². The Morgan fingerprint density at radius 2 is 1.83 bits per heavy atom. The highest BCUT2D eigenvalue weighted by molar-refractivity contribution is 7.99. The molecule has 0 radical (unpaired) electrons. The highest BCUT2D eigenvalue weighted by Crippen LogP contribution is 2.32. The minimum atomic E-state index is 0. The number of halogens is 1. The molecule has 0 saturated heterocycles. The fraction of sp³-hybridized carbons (Fsp3) is 0.0435. The zero-order valence-corrected chi connectivity index (χ0v) is 17.3. The van der Waals surface area contributed by atoms with Crippen molar-refractivity contribution in [2.24, 2.45) is 0 Å². The number of hydrogen-bond acceptors (Lipinski definition) is 4. The maximum Gasteiger partial charge on any atom is 0.149 e. The van der Waals surface area contributed by atoms with E-state index in [1.807, 2.05) is 60.7 Å². The first kappa shape index (κ1) is 20.5. The third-order valence-electron chi connectivity index (χ3n) is 4.25. The van der Waals surface area contributed by atoms with Crippen molar-refractivity contribution in [2.45, 2.75) is 9.79 Å². The molecule has 0 bridgehead atoms. The molecular formula is C23H18ClN3OS. The molecule has 1 heterocycles. The summed E-state index contributed by atoms with van der Waals surface area (Å²) in [5, 5.41) is 9.74. The summed E-state index contributed by atoms with van der Waals surface area (Å²) in [5.74, 6) is 1.29. The lowest BCUT2D eigenvalue weighted by Gasteiger charge is -2.06. The molecule has 0 amide bonds. The molecule has 3 aromatic carbocycles. The van der Waals surface area contributed by atoms with E-state index in [2.05, 4.69) is 34.2 Å². The quantitative estimate of drug-likeness (QED) is 0.390. The van der Waals surface area contributed by atoms with E-state index in [9.17, 15) is 5.26 Å². The van der Waals surface area contributed by atoms with E-state index in [4.69, 9.17) is 4.74 Å². The van der Waals surface area contributed by atoms with Crippen LogP contribution in [-0.4, -0.2) is 17.1 Å². The number of allylic oxidation sites excluding steroid dienone is 1. The minimum Gasteiger partial charge on any atom is -0.497 e. The van der Waals surface area contributed by atoms with Crippen LogP contribution in [0, 0.1) is 11.3 Å². The summed E-state index contributed by atoms with van der Waals surface area (Å²) in [7, 11) is 1.63. The molecule has 1 N–H and O–H groups in total. The maximum atomic E-state index is 9.74. The molecule has 0 aliphatic rings. The smallest absolute Gasteiger partial charge is 0.149 e. The van der Waals surface area contributed by atoms with Gasteiger partial charge in [0.15, 0.2) is 0 Å². The van der Waals surface area contributed by atoms with Gasteiger partial charge in [-0.25, -0.2) is 4.98 Å². The van der Waals surface area contributed by atoms with Crippen molar-refractivity contribution in [1.29, 1.82) is 5.26 Å². The summed E-state index contributed by atoms with van der Waals surface area (Å²) < 4.78 is 5.26. The molecule has 4 aromatic rings. The molecule has 0 saturated carbocycles. The van der Waals surface area contributed by atoms with Crippen LogP contribution >= 0.6 is 24.2 Å². The third-order valence-corrected chi connectivity index (χ3v) is 5.35. The number of benzene rings is 3. The summed E-state index contributed by atoms with van der Waals surface area (Å²) in [6.07, 6.45) is 1.88. The Bertz CT molecular complexity index is 1200. The molecule has 0 atom stereocenters. The second kappa shape index (κ2) is 9.33. The number of methoxy groups -OCH3 is 1. The second-order valence-corrected chi connectivity index (χ2v) is 7.21. The van der Waals surface area contributed by atoms with Crippen LogP contribution < -0.4 is 4.74 Å². The maximum absolute atomic E-state index is 9.74. The van der Waals surface area contributed by atoms with Gasteiger partial charge >= 0.3 is 0 Å². The number of rotatable bonds is 5. The van der Waals surface area contributed by atoms with Crippen molar-refractivity contribution >= 4 is 46.9 Å². The molecule has 0 fully saturated rings. The number of nitriles is 1. The molecule has 0 aliphatic carbocycles. The Balaban J connectivity index is 0.00000240. The average molecular weight is 420 g/mol. The molecule has 4 nitrogen and oxygen atoms in total.